The lowest BCUT2D eigenvalue weighted by atomic mass is 9.86. The molecule has 2 amide bonds. The first-order valence-electron chi connectivity index (χ1n) is 8.29. The number of aryl methyl sites for hydroxylation is 2. The fourth-order valence-corrected chi connectivity index (χ4v) is 4.03. The van der Waals surface area contributed by atoms with Gasteiger partial charge in [-0.05, 0) is 31.0 Å². The van der Waals surface area contributed by atoms with Gasteiger partial charge in [-0.2, -0.15) is 0 Å². The molecule has 1 saturated heterocycles. The van der Waals surface area contributed by atoms with Gasteiger partial charge in [0.25, 0.3) is 5.91 Å². The molecule has 3 heterocycles. The standard InChI is InChI=1S/C18H19N3O4/c1-9-16(10(2)25-20-9)11-3-4-13-14(5-11)17(22)19-6-12-7-21(18(23)24)8-15(12)13/h3-5,12,15H,6-8H2,1-2H3,(H,19,22)(H,23,24)/t12-,15-/m0/s1. The maximum atomic E-state index is 12.6. The van der Waals surface area contributed by atoms with Crippen molar-refractivity contribution in [1.82, 2.24) is 15.4 Å². The van der Waals surface area contributed by atoms with Crippen LogP contribution in [0.1, 0.15) is 33.3 Å². The molecule has 2 N–H and O–H groups in total. The van der Waals surface area contributed by atoms with E-state index in [0.29, 0.717) is 31.0 Å². The van der Waals surface area contributed by atoms with Crippen molar-refractivity contribution in [2.75, 3.05) is 19.6 Å². The van der Waals surface area contributed by atoms with Crippen molar-refractivity contribution in [3.8, 4) is 11.1 Å². The van der Waals surface area contributed by atoms with Crippen molar-refractivity contribution in [1.29, 1.82) is 0 Å². The van der Waals surface area contributed by atoms with E-state index in [1.165, 1.54) is 4.90 Å². The van der Waals surface area contributed by atoms with Crippen molar-refractivity contribution in [3.05, 3.63) is 40.8 Å². The van der Waals surface area contributed by atoms with Gasteiger partial charge in [0.1, 0.15) is 5.76 Å². The maximum absolute atomic E-state index is 12.6. The molecule has 1 aromatic heterocycles. The summed E-state index contributed by atoms with van der Waals surface area (Å²) < 4.78 is 5.23. The van der Waals surface area contributed by atoms with Gasteiger partial charge >= 0.3 is 6.09 Å². The molecule has 0 unspecified atom stereocenters. The van der Waals surface area contributed by atoms with Crippen LogP contribution in [0.3, 0.4) is 0 Å². The van der Waals surface area contributed by atoms with Crippen LogP contribution in [0.15, 0.2) is 22.7 Å². The van der Waals surface area contributed by atoms with E-state index >= 15 is 0 Å². The second kappa shape index (κ2) is 5.61. The number of fused-ring (bicyclic) bond motifs is 3. The number of hydrogen-bond acceptors (Lipinski definition) is 4. The topological polar surface area (TPSA) is 95.7 Å². The SMILES string of the molecule is Cc1noc(C)c1-c1ccc2c(c1)C(=O)NC[C@H]1CN(C(=O)O)C[C@H]21. The highest BCUT2D eigenvalue weighted by Gasteiger charge is 2.40. The Morgan fingerprint density at radius 2 is 2.16 bits per heavy atom. The predicted molar refractivity (Wildman–Crippen MR) is 89.6 cm³/mol. The smallest absolute Gasteiger partial charge is 0.407 e. The van der Waals surface area contributed by atoms with E-state index in [0.717, 1.165) is 22.4 Å². The number of nitrogens with one attached hydrogen (secondary N) is 1. The number of carboxylic acid groups (broad SMARTS) is 1. The molecule has 7 nitrogen and oxygen atoms in total. The van der Waals surface area contributed by atoms with Gasteiger partial charge in [0.05, 0.1) is 5.69 Å². The monoisotopic (exact) mass is 341 g/mol. The van der Waals surface area contributed by atoms with Crippen LogP contribution in [0.25, 0.3) is 11.1 Å². The molecule has 130 valence electrons. The number of carbonyl (C=O) groups is 2. The molecule has 4 rings (SSSR count). The van der Waals surface area contributed by atoms with E-state index in [1.807, 2.05) is 32.0 Å². The van der Waals surface area contributed by atoms with E-state index in [1.54, 1.807) is 0 Å². The molecular weight excluding hydrogens is 322 g/mol. The first-order valence-corrected chi connectivity index (χ1v) is 8.29. The number of rotatable bonds is 1. The van der Waals surface area contributed by atoms with Gasteiger partial charge in [-0.3, -0.25) is 4.79 Å². The zero-order valence-corrected chi connectivity index (χ0v) is 14.1. The van der Waals surface area contributed by atoms with Crippen molar-refractivity contribution >= 4 is 12.0 Å². The highest BCUT2D eigenvalue weighted by Crippen LogP contribution is 2.38. The molecule has 25 heavy (non-hydrogen) atoms. The highest BCUT2D eigenvalue weighted by molar-refractivity contribution is 5.98. The van der Waals surface area contributed by atoms with Gasteiger partial charge in [-0.1, -0.05) is 17.3 Å². The minimum Gasteiger partial charge on any atom is -0.465 e. The molecule has 0 aliphatic carbocycles. The molecule has 0 bridgehead atoms. The number of hydrogen-bond donors (Lipinski definition) is 2. The summed E-state index contributed by atoms with van der Waals surface area (Å²) in [5.74, 6) is 0.733. The average Bonchev–Trinajstić information content (AvgIpc) is 3.12. The number of amides is 2. The Morgan fingerprint density at radius 1 is 1.36 bits per heavy atom. The molecule has 0 radical (unpaired) electrons. The summed E-state index contributed by atoms with van der Waals surface area (Å²) in [7, 11) is 0. The average molecular weight is 341 g/mol. The third-order valence-electron chi connectivity index (χ3n) is 5.26. The number of nitrogens with zero attached hydrogens (tertiary/aromatic N) is 2. The molecule has 1 aromatic carbocycles. The molecule has 0 saturated carbocycles. The Balaban J connectivity index is 1.79. The second-order valence-electron chi connectivity index (χ2n) is 6.77. The number of likely N-dealkylation sites (tertiary alicyclic amines) is 1. The van der Waals surface area contributed by atoms with Gasteiger partial charge in [0.15, 0.2) is 0 Å². The Labute approximate surface area is 144 Å². The van der Waals surface area contributed by atoms with Crippen LogP contribution in [0.4, 0.5) is 4.79 Å². The number of carbonyl (C=O) groups excluding carboxylic acids is 1. The lowest BCUT2D eigenvalue weighted by Gasteiger charge is -2.16. The maximum Gasteiger partial charge on any atom is 0.407 e. The lowest BCUT2D eigenvalue weighted by Crippen LogP contribution is -2.31. The summed E-state index contributed by atoms with van der Waals surface area (Å²) in [6.07, 6.45) is -0.909. The van der Waals surface area contributed by atoms with Gasteiger partial charge in [0, 0.05) is 42.6 Å². The van der Waals surface area contributed by atoms with E-state index < -0.39 is 6.09 Å². The lowest BCUT2D eigenvalue weighted by molar-refractivity contribution is 0.0951. The summed E-state index contributed by atoms with van der Waals surface area (Å²) in [5, 5.41) is 16.2. The van der Waals surface area contributed by atoms with Gasteiger partial charge < -0.3 is 19.8 Å². The molecule has 2 aliphatic heterocycles. The summed E-state index contributed by atoms with van der Waals surface area (Å²) >= 11 is 0. The van der Waals surface area contributed by atoms with Gasteiger partial charge in [-0.15, -0.1) is 0 Å². The summed E-state index contributed by atoms with van der Waals surface area (Å²) in [5.41, 5.74) is 4.09. The molecule has 2 aromatic rings. The van der Waals surface area contributed by atoms with Crippen LogP contribution in [-0.2, 0) is 0 Å². The van der Waals surface area contributed by atoms with Crippen molar-refractivity contribution in [2.45, 2.75) is 19.8 Å². The quantitative estimate of drug-likeness (QED) is 0.830. The molecule has 7 heteroatoms. The van der Waals surface area contributed by atoms with E-state index in [4.69, 9.17) is 4.52 Å². The minimum absolute atomic E-state index is 0.0313. The second-order valence-corrected chi connectivity index (χ2v) is 6.77. The van der Waals surface area contributed by atoms with Crippen molar-refractivity contribution in [2.24, 2.45) is 5.92 Å². The van der Waals surface area contributed by atoms with E-state index in [-0.39, 0.29) is 17.7 Å². The van der Waals surface area contributed by atoms with Crippen LogP contribution in [-0.4, -0.2) is 46.8 Å². The first kappa shape index (κ1) is 15.7. The highest BCUT2D eigenvalue weighted by atomic mass is 16.5. The molecule has 2 aliphatic rings. The van der Waals surface area contributed by atoms with Crippen LogP contribution in [0.5, 0.6) is 0 Å². The summed E-state index contributed by atoms with van der Waals surface area (Å²) in [4.78, 5) is 25.3. The molecular formula is C18H19N3O4. The Morgan fingerprint density at radius 3 is 2.84 bits per heavy atom. The molecule has 1 fully saturated rings. The van der Waals surface area contributed by atoms with Gasteiger partial charge in [-0.25, -0.2) is 4.79 Å². The fraction of sp³-hybridized carbons (Fsp3) is 0.389. The third kappa shape index (κ3) is 2.47. The summed E-state index contributed by atoms with van der Waals surface area (Å²) in [6, 6.07) is 5.78. The largest absolute Gasteiger partial charge is 0.465 e. The predicted octanol–water partition coefficient (Wildman–Crippen LogP) is 2.40. The first-order chi connectivity index (χ1) is 12.0. The van der Waals surface area contributed by atoms with Crippen LogP contribution in [0.2, 0.25) is 0 Å². The van der Waals surface area contributed by atoms with Gasteiger partial charge in [0.2, 0.25) is 0 Å². The van der Waals surface area contributed by atoms with E-state index in [2.05, 4.69) is 10.5 Å². The Hall–Kier alpha value is -2.83. The van der Waals surface area contributed by atoms with E-state index in [9.17, 15) is 14.7 Å². The Bertz CT molecular complexity index is 854. The fourth-order valence-electron chi connectivity index (χ4n) is 4.03. The zero-order chi connectivity index (χ0) is 17.7. The molecule has 2 atom stereocenters. The molecule has 0 spiro atoms. The zero-order valence-electron chi connectivity index (χ0n) is 14.1. The van der Waals surface area contributed by atoms with Crippen LogP contribution < -0.4 is 5.32 Å². The summed E-state index contributed by atoms with van der Waals surface area (Å²) in [6.45, 7) is 5.08. The van der Waals surface area contributed by atoms with Crippen LogP contribution >= 0.6 is 0 Å². The van der Waals surface area contributed by atoms with Crippen molar-refractivity contribution in [3.63, 3.8) is 0 Å². The minimum atomic E-state index is -0.909. The normalized spacial score (nSPS) is 22.2. The van der Waals surface area contributed by atoms with Crippen LogP contribution in [0, 0.1) is 19.8 Å². The number of benzene rings is 1. The number of aromatic nitrogens is 1. The Kier molecular flexibility index (Phi) is 3.52. The van der Waals surface area contributed by atoms with Crippen molar-refractivity contribution < 1.29 is 19.2 Å². The third-order valence-corrected chi connectivity index (χ3v) is 5.26.